The van der Waals surface area contributed by atoms with Gasteiger partial charge in [-0.3, -0.25) is 4.98 Å². The summed E-state index contributed by atoms with van der Waals surface area (Å²) in [7, 11) is 8.48. The number of nitrogens with zero attached hydrogens (tertiary/aromatic N) is 7. The molecule has 0 spiro atoms. The van der Waals surface area contributed by atoms with Crippen molar-refractivity contribution in [2.45, 2.75) is 0 Å². The zero-order valence-electron chi connectivity index (χ0n) is 16.6. The lowest BCUT2D eigenvalue weighted by molar-refractivity contribution is 0.0442. The normalized spacial score (nSPS) is 10.7. The first-order valence-electron chi connectivity index (χ1n) is 8.03. The van der Waals surface area contributed by atoms with Gasteiger partial charge >= 0.3 is 11.7 Å². The molecule has 0 radical (unpaired) electrons. The number of methoxy groups -OCH3 is 1. The maximum atomic E-state index is 13.2. The number of aromatic nitrogens is 4. The molecule has 0 bridgehead atoms. The molecule has 11 nitrogen and oxygen atoms in total. The van der Waals surface area contributed by atoms with E-state index >= 15 is 0 Å². The molecule has 29 heavy (non-hydrogen) atoms. The molecule has 0 aliphatic heterocycles. The summed E-state index contributed by atoms with van der Waals surface area (Å²) in [5.41, 5.74) is -0.618. The molecule has 1 N–H and O–H groups in total. The second-order valence-corrected chi connectivity index (χ2v) is 5.68. The molecule has 0 aliphatic carbocycles. The highest BCUT2D eigenvalue weighted by Crippen LogP contribution is 2.15. The van der Waals surface area contributed by atoms with Crippen molar-refractivity contribution in [1.82, 2.24) is 29.7 Å². The number of hydrogen-bond donors (Lipinski definition) is 1. The summed E-state index contributed by atoms with van der Waals surface area (Å²) in [6.45, 7) is 0.00245. The van der Waals surface area contributed by atoms with Crippen molar-refractivity contribution in [3.8, 4) is 6.01 Å². The van der Waals surface area contributed by atoms with Crippen LogP contribution < -0.4 is 10.4 Å². The Morgan fingerprint density at radius 2 is 1.69 bits per heavy atom. The molecule has 0 unspecified atom stereocenters. The Kier molecular flexibility index (Phi) is 9.81. The van der Waals surface area contributed by atoms with Gasteiger partial charge in [0.25, 0.3) is 0 Å². The molecular weight excluding hydrogens is 390 g/mol. The fourth-order valence-corrected chi connectivity index (χ4v) is 1.42. The fraction of sp³-hybridized carbons (Fsp3) is 0.375. The molecule has 0 amide bonds. The van der Waals surface area contributed by atoms with Crippen molar-refractivity contribution in [3.63, 3.8) is 0 Å². The largest absolute Gasteiger partial charge is 0.436 e. The van der Waals surface area contributed by atoms with E-state index < -0.39 is 17.3 Å². The van der Waals surface area contributed by atoms with Gasteiger partial charge in [0.2, 0.25) is 0 Å². The van der Waals surface area contributed by atoms with E-state index in [9.17, 15) is 13.6 Å². The lowest BCUT2D eigenvalue weighted by atomic mass is 10.5. The van der Waals surface area contributed by atoms with Gasteiger partial charge in [-0.05, 0) is 0 Å². The molecule has 2 heterocycles. The van der Waals surface area contributed by atoms with Crippen LogP contribution in [0, 0.1) is 11.6 Å². The first kappa shape index (κ1) is 23.6. The van der Waals surface area contributed by atoms with Gasteiger partial charge in [0.05, 0.1) is 25.1 Å². The third-order valence-electron chi connectivity index (χ3n) is 2.58. The minimum absolute atomic E-state index is 0.00245. The molecule has 2 aromatic rings. The molecule has 158 valence electrons. The van der Waals surface area contributed by atoms with Crippen LogP contribution in [0.2, 0.25) is 0 Å². The summed E-state index contributed by atoms with van der Waals surface area (Å²) in [6.07, 6.45) is 4.65. The minimum Gasteiger partial charge on any atom is -0.436 e. The molecule has 0 aliphatic rings. The van der Waals surface area contributed by atoms with Crippen LogP contribution in [0.5, 0.6) is 6.01 Å². The molecule has 0 aromatic carbocycles. The Morgan fingerprint density at radius 3 is 2.31 bits per heavy atom. The Morgan fingerprint density at radius 1 is 1.07 bits per heavy atom. The van der Waals surface area contributed by atoms with Crippen LogP contribution >= 0.6 is 0 Å². The first-order chi connectivity index (χ1) is 13.7. The standard InChI is InChI=1S/C9H13FN4O2.C7H9FN4O/c1-14(2)5-12-8-7(10)4-11-9(13-8)16-6-15-3;1-12(2)4-10-6-5(8)3-9-7(13)11-6/h4-5H,6H2,1-3H3;3-4H,1-2H3,(H,9,11,13). The van der Waals surface area contributed by atoms with Crippen molar-refractivity contribution < 1.29 is 18.3 Å². The molecule has 0 saturated heterocycles. The minimum atomic E-state index is -0.655. The van der Waals surface area contributed by atoms with E-state index in [0.29, 0.717) is 0 Å². The van der Waals surface area contributed by atoms with Crippen molar-refractivity contribution >= 4 is 24.3 Å². The monoisotopic (exact) mass is 412 g/mol. The maximum Gasteiger partial charge on any atom is 0.346 e. The van der Waals surface area contributed by atoms with Crippen LogP contribution in [-0.2, 0) is 4.74 Å². The Hall–Kier alpha value is -3.48. The Bertz CT molecular complexity index is 887. The predicted octanol–water partition coefficient (Wildman–Crippen LogP) is 0.950. The van der Waals surface area contributed by atoms with Gasteiger partial charge in [-0.1, -0.05) is 0 Å². The molecular formula is C16H22F2N8O3. The zero-order valence-corrected chi connectivity index (χ0v) is 16.6. The third-order valence-corrected chi connectivity index (χ3v) is 2.58. The van der Waals surface area contributed by atoms with E-state index in [0.717, 1.165) is 12.4 Å². The van der Waals surface area contributed by atoms with Crippen LogP contribution in [0.1, 0.15) is 0 Å². The molecule has 2 aromatic heterocycles. The summed E-state index contributed by atoms with van der Waals surface area (Å²) in [4.78, 5) is 34.2. The molecule has 2 rings (SSSR count). The second kappa shape index (κ2) is 12.1. The molecule has 0 fully saturated rings. The van der Waals surface area contributed by atoms with Crippen molar-refractivity contribution in [3.05, 3.63) is 34.5 Å². The lowest BCUT2D eigenvalue weighted by Crippen LogP contribution is -2.11. The molecule has 13 heteroatoms. The Labute approximate surface area is 165 Å². The van der Waals surface area contributed by atoms with Gasteiger partial charge in [0.1, 0.15) is 0 Å². The van der Waals surface area contributed by atoms with Gasteiger partial charge < -0.3 is 19.3 Å². The van der Waals surface area contributed by atoms with E-state index in [1.807, 2.05) is 0 Å². The van der Waals surface area contributed by atoms with Crippen molar-refractivity contribution in [2.75, 3.05) is 42.1 Å². The predicted molar refractivity (Wildman–Crippen MR) is 103 cm³/mol. The number of aliphatic imine (C=N–C) groups is 2. The summed E-state index contributed by atoms with van der Waals surface area (Å²) in [6, 6.07) is 0.0224. The molecule has 0 atom stereocenters. The smallest absolute Gasteiger partial charge is 0.346 e. The summed E-state index contributed by atoms with van der Waals surface area (Å²) in [5.74, 6) is -1.45. The highest BCUT2D eigenvalue weighted by atomic mass is 19.1. The average molecular weight is 412 g/mol. The number of halogens is 2. The van der Waals surface area contributed by atoms with Crippen molar-refractivity contribution in [2.24, 2.45) is 9.98 Å². The van der Waals surface area contributed by atoms with Crippen LogP contribution in [0.3, 0.4) is 0 Å². The SMILES string of the molecule is CN(C)C=Nc1[nH]c(=O)ncc1F.COCOc1ncc(F)c(N=CN(C)C)n1. The van der Waals surface area contributed by atoms with Crippen LogP contribution in [0.25, 0.3) is 0 Å². The highest BCUT2D eigenvalue weighted by Gasteiger charge is 2.06. The number of hydrogen-bond acceptors (Lipinski definition) is 8. The van der Waals surface area contributed by atoms with E-state index in [2.05, 4.69) is 34.7 Å². The summed E-state index contributed by atoms with van der Waals surface area (Å²) >= 11 is 0. The van der Waals surface area contributed by atoms with E-state index in [1.165, 1.54) is 19.8 Å². The van der Waals surface area contributed by atoms with Crippen molar-refractivity contribution in [1.29, 1.82) is 0 Å². The first-order valence-corrected chi connectivity index (χ1v) is 8.03. The Balaban J connectivity index is 0.000000296. The summed E-state index contributed by atoms with van der Waals surface area (Å²) < 4.78 is 35.7. The quantitative estimate of drug-likeness (QED) is 0.405. The highest BCUT2D eigenvalue weighted by molar-refractivity contribution is 5.59. The number of ether oxygens (including phenoxy) is 2. The maximum absolute atomic E-state index is 13.2. The second-order valence-electron chi connectivity index (χ2n) is 5.68. The van der Waals surface area contributed by atoms with Gasteiger partial charge in [-0.2, -0.15) is 9.97 Å². The van der Waals surface area contributed by atoms with Gasteiger partial charge in [-0.15, -0.1) is 0 Å². The van der Waals surface area contributed by atoms with E-state index in [1.54, 1.807) is 38.0 Å². The summed E-state index contributed by atoms with van der Waals surface area (Å²) in [5, 5.41) is 0. The zero-order chi connectivity index (χ0) is 21.8. The number of H-pyrrole nitrogens is 1. The van der Waals surface area contributed by atoms with E-state index in [4.69, 9.17) is 4.74 Å². The topological polar surface area (TPSA) is 121 Å². The van der Waals surface area contributed by atoms with Gasteiger partial charge in [0, 0.05) is 35.3 Å². The lowest BCUT2D eigenvalue weighted by Gasteiger charge is -2.04. The van der Waals surface area contributed by atoms with Crippen LogP contribution in [0.15, 0.2) is 27.2 Å². The van der Waals surface area contributed by atoms with Crippen LogP contribution in [0.4, 0.5) is 20.4 Å². The van der Waals surface area contributed by atoms with Gasteiger partial charge in [0.15, 0.2) is 30.1 Å². The number of rotatable bonds is 7. The van der Waals surface area contributed by atoms with Crippen LogP contribution in [-0.4, -0.2) is 84.5 Å². The molecule has 0 saturated carbocycles. The third kappa shape index (κ3) is 9.32. The fourth-order valence-electron chi connectivity index (χ4n) is 1.42. The average Bonchev–Trinajstić information content (AvgIpc) is 2.67. The van der Waals surface area contributed by atoms with Gasteiger partial charge in [-0.25, -0.2) is 28.5 Å². The number of aromatic amines is 1. The number of nitrogens with one attached hydrogen (secondary N) is 1. The van der Waals surface area contributed by atoms with E-state index in [-0.39, 0.29) is 24.4 Å².